The van der Waals surface area contributed by atoms with Crippen LogP contribution in [0.2, 0.25) is 0 Å². The lowest BCUT2D eigenvalue weighted by Gasteiger charge is -2.35. The lowest BCUT2D eigenvalue weighted by Crippen LogP contribution is -2.50. The molecule has 3 amide bonds. The van der Waals surface area contributed by atoms with Crippen LogP contribution in [-0.4, -0.2) is 51.1 Å². The molecule has 1 unspecified atom stereocenters. The smallest absolute Gasteiger partial charge is 0.350 e. The summed E-state index contributed by atoms with van der Waals surface area (Å²) in [6.45, 7) is 0.718. The highest BCUT2D eigenvalue weighted by Crippen LogP contribution is 2.29. The molecule has 0 bridgehead atoms. The maximum Gasteiger partial charge on any atom is 0.471 e. The monoisotopic (exact) mass is 490 g/mol. The fourth-order valence-electron chi connectivity index (χ4n) is 3.73. The van der Waals surface area contributed by atoms with E-state index in [0.717, 1.165) is 12.8 Å². The van der Waals surface area contributed by atoms with Crippen molar-refractivity contribution in [2.75, 3.05) is 18.4 Å². The van der Waals surface area contributed by atoms with Crippen molar-refractivity contribution in [3.05, 3.63) is 64.4 Å². The number of hydrogen-bond acceptors (Lipinski definition) is 6. The zero-order valence-electron chi connectivity index (χ0n) is 18.3. The molecule has 0 aliphatic carbocycles. The van der Waals surface area contributed by atoms with Gasteiger partial charge in [-0.05, 0) is 49.6 Å². The van der Waals surface area contributed by atoms with Crippen LogP contribution in [0.25, 0.3) is 11.4 Å². The Bertz CT molecular complexity index is 1250. The summed E-state index contributed by atoms with van der Waals surface area (Å²) in [6.07, 6.45) is -0.945. The Labute approximate surface area is 196 Å². The predicted octanol–water partition coefficient (Wildman–Crippen LogP) is 3.26. The van der Waals surface area contributed by atoms with Crippen LogP contribution in [-0.2, 0) is 6.18 Å². The predicted molar refractivity (Wildman–Crippen MR) is 117 cm³/mol. The molecule has 1 atom stereocenters. The summed E-state index contributed by atoms with van der Waals surface area (Å²) in [6, 6.07) is 8.05. The van der Waals surface area contributed by atoms with Gasteiger partial charge in [-0.15, -0.1) is 0 Å². The minimum absolute atomic E-state index is 0.220. The molecule has 4 rings (SSSR count). The molecule has 2 aromatic heterocycles. The van der Waals surface area contributed by atoms with Gasteiger partial charge in [-0.3, -0.25) is 9.59 Å². The highest BCUT2D eigenvalue weighted by molar-refractivity contribution is 5.94. The van der Waals surface area contributed by atoms with E-state index in [2.05, 4.69) is 30.3 Å². The van der Waals surface area contributed by atoms with Gasteiger partial charge in [0.2, 0.25) is 11.4 Å². The second kappa shape index (κ2) is 9.99. The van der Waals surface area contributed by atoms with Crippen molar-refractivity contribution >= 4 is 17.6 Å². The van der Waals surface area contributed by atoms with Gasteiger partial charge in [0.05, 0.1) is 6.04 Å². The number of aromatic amines is 1. The Hall–Kier alpha value is -4.16. The van der Waals surface area contributed by atoms with Gasteiger partial charge < -0.3 is 25.0 Å². The van der Waals surface area contributed by atoms with Gasteiger partial charge in [-0.1, -0.05) is 5.16 Å². The maximum absolute atomic E-state index is 12.9. The van der Waals surface area contributed by atoms with Crippen LogP contribution >= 0.6 is 0 Å². The number of nitrogens with one attached hydrogen (secondary N) is 3. The third-order valence-corrected chi connectivity index (χ3v) is 5.49. The van der Waals surface area contributed by atoms with E-state index in [4.69, 9.17) is 0 Å². The summed E-state index contributed by atoms with van der Waals surface area (Å²) in [5, 5.41) is 8.86. The number of carbonyl (C=O) groups is 2. The molecule has 35 heavy (non-hydrogen) atoms. The normalized spacial score (nSPS) is 16.1. The zero-order chi connectivity index (χ0) is 25.0. The van der Waals surface area contributed by atoms with Crippen molar-refractivity contribution in [1.29, 1.82) is 0 Å². The lowest BCUT2D eigenvalue weighted by atomic mass is 10.0. The maximum atomic E-state index is 12.9. The number of piperidine rings is 1. The number of anilines is 1. The molecule has 10 nitrogen and oxygen atoms in total. The van der Waals surface area contributed by atoms with E-state index in [0.29, 0.717) is 24.2 Å². The second-order valence-corrected chi connectivity index (χ2v) is 7.92. The van der Waals surface area contributed by atoms with Crippen molar-refractivity contribution in [2.24, 2.45) is 0 Å². The summed E-state index contributed by atoms with van der Waals surface area (Å²) in [5.74, 6) is -2.07. The van der Waals surface area contributed by atoms with Crippen molar-refractivity contribution in [2.45, 2.75) is 31.5 Å². The molecule has 184 valence electrons. The van der Waals surface area contributed by atoms with Crippen molar-refractivity contribution in [1.82, 2.24) is 25.3 Å². The number of aromatic nitrogens is 3. The van der Waals surface area contributed by atoms with Gasteiger partial charge >= 0.3 is 18.1 Å². The fraction of sp³-hybridized carbons (Fsp3) is 0.318. The number of halogens is 3. The average molecular weight is 490 g/mol. The molecule has 1 fully saturated rings. The molecule has 0 spiro atoms. The first-order valence-electron chi connectivity index (χ1n) is 10.8. The molecule has 3 N–H and O–H groups in total. The number of alkyl halides is 3. The number of nitrogens with zero attached hydrogens (tertiary/aromatic N) is 3. The van der Waals surface area contributed by atoms with Gasteiger partial charge in [0.25, 0.3) is 5.91 Å². The van der Waals surface area contributed by atoms with Crippen LogP contribution in [0.4, 0.5) is 23.7 Å². The van der Waals surface area contributed by atoms with Crippen LogP contribution in [0.15, 0.2) is 51.9 Å². The molecule has 13 heteroatoms. The van der Waals surface area contributed by atoms with E-state index in [1.165, 1.54) is 42.6 Å². The third-order valence-electron chi connectivity index (χ3n) is 5.49. The molecule has 1 aliphatic rings. The molecule has 3 heterocycles. The SMILES string of the molecule is O=C(NCC1CCCCN1C(=O)Nc1ccc(-c2noc(C(F)(F)F)n2)cc1)c1cc[nH]c(=O)c1. The van der Waals surface area contributed by atoms with E-state index in [9.17, 15) is 27.6 Å². The molecular formula is C22H21F3N6O4. The summed E-state index contributed by atoms with van der Waals surface area (Å²) in [5.41, 5.74) is 0.558. The van der Waals surface area contributed by atoms with Crippen molar-refractivity contribution in [3.63, 3.8) is 0 Å². The van der Waals surface area contributed by atoms with Crippen LogP contribution in [0.3, 0.4) is 0 Å². The summed E-state index contributed by atoms with van der Waals surface area (Å²) in [4.78, 5) is 44.1. The molecule has 0 saturated carbocycles. The largest absolute Gasteiger partial charge is 0.471 e. The minimum atomic E-state index is -4.73. The van der Waals surface area contributed by atoms with E-state index in [1.807, 2.05) is 0 Å². The lowest BCUT2D eigenvalue weighted by molar-refractivity contribution is -0.159. The van der Waals surface area contributed by atoms with E-state index >= 15 is 0 Å². The van der Waals surface area contributed by atoms with Crippen molar-refractivity contribution < 1.29 is 27.3 Å². The zero-order valence-corrected chi connectivity index (χ0v) is 18.3. The Kier molecular flexibility index (Phi) is 6.85. The average Bonchev–Trinajstić information content (AvgIpc) is 3.34. The number of hydrogen-bond donors (Lipinski definition) is 3. The summed E-state index contributed by atoms with van der Waals surface area (Å²) in [7, 11) is 0. The highest BCUT2D eigenvalue weighted by atomic mass is 19.4. The number of rotatable bonds is 5. The first-order chi connectivity index (χ1) is 16.7. The van der Waals surface area contributed by atoms with E-state index < -0.39 is 18.0 Å². The quantitative estimate of drug-likeness (QED) is 0.503. The Balaban J connectivity index is 1.37. The summed E-state index contributed by atoms with van der Waals surface area (Å²) < 4.78 is 42.2. The first-order valence-corrected chi connectivity index (χ1v) is 10.8. The van der Waals surface area contributed by atoms with Gasteiger partial charge in [-0.25, -0.2) is 4.79 Å². The Morgan fingerprint density at radius 3 is 2.63 bits per heavy atom. The van der Waals surface area contributed by atoms with Gasteiger partial charge in [0.15, 0.2) is 0 Å². The number of urea groups is 1. The number of pyridine rings is 1. The fourth-order valence-corrected chi connectivity index (χ4v) is 3.73. The van der Waals surface area contributed by atoms with E-state index in [-0.39, 0.29) is 35.6 Å². The number of amides is 3. The van der Waals surface area contributed by atoms with Crippen LogP contribution < -0.4 is 16.2 Å². The molecule has 0 radical (unpaired) electrons. The molecule has 1 saturated heterocycles. The number of benzene rings is 1. The Morgan fingerprint density at radius 1 is 1.17 bits per heavy atom. The second-order valence-electron chi connectivity index (χ2n) is 7.92. The van der Waals surface area contributed by atoms with Crippen LogP contribution in [0, 0.1) is 0 Å². The van der Waals surface area contributed by atoms with Gasteiger partial charge in [0, 0.05) is 42.2 Å². The van der Waals surface area contributed by atoms with Gasteiger partial charge in [0.1, 0.15) is 0 Å². The van der Waals surface area contributed by atoms with E-state index in [1.54, 1.807) is 4.90 Å². The first kappa shape index (κ1) is 24.0. The molecule has 3 aromatic rings. The molecule has 1 aliphatic heterocycles. The standard InChI is InChI=1S/C22H21F3N6O4/c23-22(24,25)20-29-18(30-35-20)13-4-6-15(7-5-13)28-21(34)31-10-2-1-3-16(31)12-27-19(33)14-8-9-26-17(32)11-14/h4-9,11,16H,1-3,10,12H2,(H,26,32)(H,27,33)(H,28,34). The van der Waals surface area contributed by atoms with Crippen LogP contribution in [0.1, 0.15) is 35.5 Å². The number of carbonyl (C=O) groups excluding carboxylic acids is 2. The number of likely N-dealkylation sites (tertiary alicyclic amines) is 1. The molecule has 1 aromatic carbocycles. The minimum Gasteiger partial charge on any atom is -0.350 e. The Morgan fingerprint density at radius 2 is 1.94 bits per heavy atom. The highest BCUT2D eigenvalue weighted by Gasteiger charge is 2.38. The third kappa shape index (κ3) is 5.86. The summed E-state index contributed by atoms with van der Waals surface area (Å²) >= 11 is 0. The topological polar surface area (TPSA) is 133 Å². The van der Waals surface area contributed by atoms with Crippen molar-refractivity contribution in [3.8, 4) is 11.4 Å². The molecular weight excluding hydrogens is 469 g/mol. The van der Waals surface area contributed by atoms with Gasteiger partial charge in [-0.2, -0.15) is 18.2 Å². The number of H-pyrrole nitrogens is 1. The van der Waals surface area contributed by atoms with Crippen LogP contribution in [0.5, 0.6) is 0 Å².